The highest BCUT2D eigenvalue weighted by atomic mass is 16.3. The smallest absolute Gasteiger partial charge is 0.272 e. The molecule has 1 aliphatic carbocycles. The van der Waals surface area contributed by atoms with Gasteiger partial charge in [-0.15, -0.1) is 0 Å². The summed E-state index contributed by atoms with van der Waals surface area (Å²) in [6, 6.07) is 23.3. The fraction of sp³-hybridized carbons (Fsp3) is 0.200. The zero-order chi connectivity index (χ0) is 20.5. The van der Waals surface area contributed by atoms with E-state index in [9.17, 15) is 9.90 Å². The summed E-state index contributed by atoms with van der Waals surface area (Å²) in [7, 11) is 0. The highest BCUT2D eigenvalue weighted by molar-refractivity contribution is 5.94. The van der Waals surface area contributed by atoms with Crippen LogP contribution in [0.5, 0.6) is 5.75 Å². The van der Waals surface area contributed by atoms with Crippen LogP contribution in [0.25, 0.3) is 22.0 Å². The van der Waals surface area contributed by atoms with E-state index < -0.39 is 0 Å². The summed E-state index contributed by atoms with van der Waals surface area (Å²) < 4.78 is 0. The van der Waals surface area contributed by atoms with Gasteiger partial charge in [-0.25, -0.2) is 0 Å². The molecule has 30 heavy (non-hydrogen) atoms. The van der Waals surface area contributed by atoms with Gasteiger partial charge in [0.15, 0.2) is 0 Å². The summed E-state index contributed by atoms with van der Waals surface area (Å²) in [4.78, 5) is 15.1. The Kier molecular flexibility index (Phi) is 4.71. The Hall–Kier alpha value is -3.60. The molecular weight excluding hydrogens is 374 g/mol. The van der Waals surface area contributed by atoms with Crippen LogP contribution in [0.1, 0.15) is 28.9 Å². The zero-order valence-corrected chi connectivity index (χ0v) is 16.6. The molecule has 1 aromatic heterocycles. The first-order chi connectivity index (χ1) is 14.7. The van der Waals surface area contributed by atoms with Crippen molar-refractivity contribution < 1.29 is 9.90 Å². The van der Waals surface area contributed by atoms with Crippen molar-refractivity contribution in [1.82, 2.24) is 15.1 Å². The minimum atomic E-state index is -0.0650. The molecule has 0 unspecified atom stereocenters. The first-order valence-electron chi connectivity index (χ1n) is 10.3. The first kappa shape index (κ1) is 18.4. The molecule has 1 saturated carbocycles. The molecule has 0 atom stereocenters. The molecule has 5 nitrogen and oxygen atoms in total. The van der Waals surface area contributed by atoms with Gasteiger partial charge in [-0.05, 0) is 59.4 Å². The van der Waals surface area contributed by atoms with E-state index in [4.69, 9.17) is 0 Å². The third-order valence-corrected chi connectivity index (χ3v) is 5.60. The van der Waals surface area contributed by atoms with Crippen molar-refractivity contribution in [3.63, 3.8) is 0 Å². The molecular formula is C25H23N3O2. The Balaban J connectivity index is 1.40. The number of rotatable bonds is 6. The second-order valence-corrected chi connectivity index (χ2v) is 8.03. The monoisotopic (exact) mass is 397 g/mol. The predicted octanol–water partition coefficient (Wildman–Crippen LogP) is 4.99. The summed E-state index contributed by atoms with van der Waals surface area (Å²) in [5.41, 5.74) is 3.13. The van der Waals surface area contributed by atoms with Gasteiger partial charge in [-0.1, -0.05) is 48.5 Å². The van der Waals surface area contributed by atoms with E-state index in [0.717, 1.165) is 41.6 Å². The van der Waals surface area contributed by atoms with Crippen molar-refractivity contribution in [2.45, 2.75) is 19.4 Å². The Labute approximate surface area is 175 Å². The Bertz CT molecular complexity index is 1210. The number of H-pyrrole nitrogens is 1. The van der Waals surface area contributed by atoms with Gasteiger partial charge in [0.25, 0.3) is 5.91 Å². The summed E-state index contributed by atoms with van der Waals surface area (Å²) in [5.74, 6) is 0.713. The zero-order valence-electron chi connectivity index (χ0n) is 16.6. The van der Waals surface area contributed by atoms with Crippen LogP contribution in [0.2, 0.25) is 0 Å². The molecule has 2 N–H and O–H groups in total. The summed E-state index contributed by atoms with van der Waals surface area (Å²) >= 11 is 0. The van der Waals surface area contributed by atoms with Gasteiger partial charge in [-0.2, -0.15) is 5.10 Å². The van der Waals surface area contributed by atoms with Gasteiger partial charge < -0.3 is 10.0 Å². The van der Waals surface area contributed by atoms with E-state index in [0.29, 0.717) is 18.2 Å². The SMILES string of the molecule is O=C(c1cc(-c2ccc3ccccc3c2)n[nH]1)N(Cc1cccc(O)c1)CC1CC1. The van der Waals surface area contributed by atoms with Crippen LogP contribution in [0, 0.1) is 5.92 Å². The molecule has 1 heterocycles. The summed E-state index contributed by atoms with van der Waals surface area (Å²) in [6.07, 6.45) is 2.32. The summed E-state index contributed by atoms with van der Waals surface area (Å²) in [6.45, 7) is 1.19. The van der Waals surface area contributed by atoms with Crippen molar-refractivity contribution in [3.05, 3.63) is 84.1 Å². The average molecular weight is 397 g/mol. The number of amides is 1. The summed E-state index contributed by atoms with van der Waals surface area (Å²) in [5, 5.41) is 19.4. The van der Waals surface area contributed by atoms with E-state index in [1.807, 2.05) is 35.2 Å². The molecule has 150 valence electrons. The van der Waals surface area contributed by atoms with Crippen LogP contribution < -0.4 is 0 Å². The largest absolute Gasteiger partial charge is 0.508 e. The van der Waals surface area contributed by atoms with Gasteiger partial charge in [-0.3, -0.25) is 9.89 Å². The topological polar surface area (TPSA) is 69.2 Å². The van der Waals surface area contributed by atoms with Crippen molar-refractivity contribution in [2.75, 3.05) is 6.54 Å². The molecule has 1 fully saturated rings. The molecule has 0 aliphatic heterocycles. The van der Waals surface area contributed by atoms with Gasteiger partial charge in [0.2, 0.25) is 0 Å². The number of nitrogens with zero attached hydrogens (tertiary/aromatic N) is 2. The van der Waals surface area contributed by atoms with Gasteiger partial charge in [0.1, 0.15) is 11.4 Å². The molecule has 5 heteroatoms. The lowest BCUT2D eigenvalue weighted by atomic mass is 10.0. The number of aromatic nitrogens is 2. The number of hydrogen-bond acceptors (Lipinski definition) is 3. The molecule has 1 amide bonds. The quantitative estimate of drug-likeness (QED) is 0.482. The highest BCUT2D eigenvalue weighted by Crippen LogP contribution is 2.31. The average Bonchev–Trinajstić information content (AvgIpc) is 3.44. The number of carbonyl (C=O) groups excluding carboxylic acids is 1. The minimum Gasteiger partial charge on any atom is -0.508 e. The maximum absolute atomic E-state index is 13.2. The molecule has 0 saturated heterocycles. The number of carbonyl (C=O) groups is 1. The maximum Gasteiger partial charge on any atom is 0.272 e. The third-order valence-electron chi connectivity index (χ3n) is 5.60. The van der Waals surface area contributed by atoms with E-state index >= 15 is 0 Å². The van der Waals surface area contributed by atoms with E-state index in [1.165, 1.54) is 5.39 Å². The van der Waals surface area contributed by atoms with E-state index in [-0.39, 0.29) is 11.7 Å². The molecule has 0 radical (unpaired) electrons. The third kappa shape index (κ3) is 3.92. The van der Waals surface area contributed by atoms with Crippen molar-refractivity contribution in [3.8, 4) is 17.0 Å². The Morgan fingerprint density at radius 1 is 1.00 bits per heavy atom. The van der Waals surface area contributed by atoms with Gasteiger partial charge >= 0.3 is 0 Å². The van der Waals surface area contributed by atoms with Crippen LogP contribution in [-0.4, -0.2) is 32.7 Å². The standard InChI is InChI=1S/C25H23N3O2/c29-22-7-3-4-18(12-22)16-28(15-17-8-9-17)25(30)24-14-23(26-27-24)21-11-10-19-5-1-2-6-20(19)13-21/h1-7,10-14,17,29H,8-9,15-16H2,(H,26,27). The lowest BCUT2D eigenvalue weighted by molar-refractivity contribution is 0.0728. The fourth-order valence-electron chi connectivity index (χ4n) is 3.80. The van der Waals surface area contributed by atoms with E-state index in [1.54, 1.807) is 18.2 Å². The van der Waals surface area contributed by atoms with E-state index in [2.05, 4.69) is 34.5 Å². The van der Waals surface area contributed by atoms with Gasteiger partial charge in [0.05, 0.1) is 5.69 Å². The van der Waals surface area contributed by atoms with Crippen molar-refractivity contribution in [2.24, 2.45) is 5.92 Å². The minimum absolute atomic E-state index is 0.0650. The second kappa shape index (κ2) is 7.67. The number of phenols is 1. The number of fused-ring (bicyclic) bond motifs is 1. The fourth-order valence-corrected chi connectivity index (χ4v) is 3.80. The Morgan fingerprint density at radius 3 is 2.63 bits per heavy atom. The number of aromatic amines is 1. The number of hydrogen-bond donors (Lipinski definition) is 2. The van der Waals surface area contributed by atoms with Crippen LogP contribution in [0.15, 0.2) is 72.8 Å². The lowest BCUT2D eigenvalue weighted by Crippen LogP contribution is -2.32. The normalized spacial score (nSPS) is 13.5. The molecule has 0 spiro atoms. The van der Waals surface area contributed by atoms with Crippen LogP contribution in [-0.2, 0) is 6.54 Å². The van der Waals surface area contributed by atoms with Crippen LogP contribution in [0.3, 0.4) is 0 Å². The number of nitrogens with one attached hydrogen (secondary N) is 1. The second-order valence-electron chi connectivity index (χ2n) is 8.03. The first-order valence-corrected chi connectivity index (χ1v) is 10.3. The molecule has 3 aromatic carbocycles. The lowest BCUT2D eigenvalue weighted by Gasteiger charge is -2.22. The number of phenolic OH excluding ortho intramolecular Hbond substituents is 1. The van der Waals surface area contributed by atoms with Crippen LogP contribution in [0.4, 0.5) is 0 Å². The van der Waals surface area contributed by atoms with Crippen molar-refractivity contribution >= 4 is 16.7 Å². The number of benzene rings is 3. The van der Waals surface area contributed by atoms with Crippen molar-refractivity contribution in [1.29, 1.82) is 0 Å². The van der Waals surface area contributed by atoms with Gasteiger partial charge in [0, 0.05) is 18.7 Å². The maximum atomic E-state index is 13.2. The molecule has 4 aromatic rings. The number of aromatic hydroxyl groups is 1. The Morgan fingerprint density at radius 2 is 1.83 bits per heavy atom. The predicted molar refractivity (Wildman–Crippen MR) is 117 cm³/mol. The molecule has 5 rings (SSSR count). The molecule has 0 bridgehead atoms. The highest BCUT2D eigenvalue weighted by Gasteiger charge is 2.28. The molecule has 1 aliphatic rings. The van der Waals surface area contributed by atoms with Crippen LogP contribution >= 0.6 is 0 Å².